The van der Waals surface area contributed by atoms with Gasteiger partial charge in [0, 0.05) is 36.1 Å². The Morgan fingerprint density at radius 2 is 1.72 bits per heavy atom. The monoisotopic (exact) mass is 804 g/mol. The number of Topliss-reactive ketones (excluding diaryl/α,β-unsaturated/α-hetero) is 1. The number of nitrogens with zero attached hydrogens (tertiary/aromatic N) is 3. The minimum Gasteiger partial charge on any atom is -0.481 e. The SMILES string of the molecule is CNCCn1c([C@@]23CC[C@]4(C)[C@H](CC[C@@H]5[C@@]6(C)CC[C@H](OC(=O)CC(C)(C)C(=O)O)C(C)(C)[C@@H]6CC[C@]54C)C2=C(C(C)C)C(=O)C3)cc(=O)n1-c1ccc(Cl)cn1. The third-order valence-electron chi connectivity index (χ3n) is 16.8. The summed E-state index contributed by atoms with van der Waals surface area (Å²) in [5.41, 5.74) is 0.975. The number of ether oxygens (including phenoxy) is 1. The van der Waals surface area contributed by atoms with E-state index in [9.17, 15) is 24.3 Å². The number of halogens is 1. The second-order valence-electron chi connectivity index (χ2n) is 20.7. The van der Waals surface area contributed by atoms with Crippen molar-refractivity contribution in [3.05, 3.63) is 56.6 Å². The number of carboxylic acids is 1. The van der Waals surface area contributed by atoms with E-state index in [1.165, 1.54) is 5.57 Å². The number of carbonyl (C=O) groups is 3. The van der Waals surface area contributed by atoms with Gasteiger partial charge in [-0.25, -0.2) is 4.98 Å². The van der Waals surface area contributed by atoms with Crippen molar-refractivity contribution in [1.82, 2.24) is 19.7 Å². The number of hydrogen-bond acceptors (Lipinski definition) is 7. The number of aliphatic carboxylic acids is 1. The first-order chi connectivity index (χ1) is 26.6. The summed E-state index contributed by atoms with van der Waals surface area (Å²) in [4.78, 5) is 58.1. The van der Waals surface area contributed by atoms with Crippen molar-refractivity contribution in [2.24, 2.45) is 50.7 Å². The maximum absolute atomic E-state index is 14.5. The van der Waals surface area contributed by atoms with Crippen LogP contribution in [0, 0.1) is 50.7 Å². The summed E-state index contributed by atoms with van der Waals surface area (Å²) in [6.07, 6.45) is 9.13. The number of carbonyl (C=O) groups excluding carboxylic acids is 2. The molecular weight excluding hydrogens is 740 g/mol. The van der Waals surface area contributed by atoms with Gasteiger partial charge in [0.05, 0.1) is 29.1 Å². The predicted molar refractivity (Wildman–Crippen MR) is 221 cm³/mol. The highest BCUT2D eigenvalue weighted by Crippen LogP contribution is 2.77. The van der Waals surface area contributed by atoms with Crippen LogP contribution < -0.4 is 10.9 Å². The molecule has 8 atom stereocenters. The summed E-state index contributed by atoms with van der Waals surface area (Å²) in [6, 6.07) is 5.34. The molecule has 0 spiro atoms. The van der Waals surface area contributed by atoms with Crippen LogP contribution in [0.3, 0.4) is 0 Å². The summed E-state index contributed by atoms with van der Waals surface area (Å²) < 4.78 is 9.95. The fourth-order valence-corrected chi connectivity index (χ4v) is 13.9. The molecule has 2 heterocycles. The quantitative estimate of drug-likeness (QED) is 0.229. The van der Waals surface area contributed by atoms with E-state index in [-0.39, 0.29) is 57.4 Å². The number of likely N-dealkylation sites (N-methyl/N-ethyl adjacent to an activating group) is 1. The fraction of sp³-hybridized carbons (Fsp3) is 0.717. The Bertz CT molecular complexity index is 2050. The van der Waals surface area contributed by atoms with Crippen molar-refractivity contribution in [2.75, 3.05) is 13.6 Å². The average Bonchev–Trinajstić information content (AvgIpc) is 3.62. The van der Waals surface area contributed by atoms with Crippen molar-refractivity contribution in [1.29, 1.82) is 0 Å². The number of esters is 1. The molecule has 2 aromatic heterocycles. The van der Waals surface area contributed by atoms with Crippen LogP contribution in [0.25, 0.3) is 5.82 Å². The Morgan fingerprint density at radius 3 is 2.35 bits per heavy atom. The second-order valence-corrected chi connectivity index (χ2v) is 21.2. The molecule has 4 saturated carbocycles. The highest BCUT2D eigenvalue weighted by molar-refractivity contribution is 6.30. The molecule has 10 nitrogen and oxygen atoms in total. The summed E-state index contributed by atoms with van der Waals surface area (Å²) >= 11 is 6.23. The third kappa shape index (κ3) is 6.23. The lowest BCUT2D eigenvalue weighted by atomic mass is 9.33. The van der Waals surface area contributed by atoms with E-state index in [1.54, 1.807) is 42.9 Å². The first kappa shape index (κ1) is 41.9. The van der Waals surface area contributed by atoms with E-state index in [1.807, 2.05) is 7.05 Å². The van der Waals surface area contributed by atoms with E-state index in [4.69, 9.17) is 16.3 Å². The van der Waals surface area contributed by atoms with Gasteiger partial charge in [-0.15, -0.1) is 0 Å². The van der Waals surface area contributed by atoms with Gasteiger partial charge in [-0.2, -0.15) is 4.68 Å². The first-order valence-electron chi connectivity index (χ1n) is 21.4. The maximum atomic E-state index is 14.5. The number of hydrogen-bond donors (Lipinski definition) is 2. The highest BCUT2D eigenvalue weighted by Gasteiger charge is 2.70. The Hall–Kier alpha value is -3.24. The minimum atomic E-state index is -1.18. The molecule has 2 N–H and O–H groups in total. The first-order valence-corrected chi connectivity index (χ1v) is 21.8. The standard InChI is InChI=1S/C46H65ClN4O6/c1-27(2)38-30(52)24-46(33-23-36(53)51(50(33)22-21-48-10)35-14-11-28(47)26-49-35)20-19-44(8)29(39(38)46)12-13-32-43(7)17-16-34(57-37(54)25-41(3,4)40(55)56)42(5,6)31(43)15-18-45(32,44)9/h11,14,23,26-27,29,31-32,34,48H,12-13,15-22,24-25H2,1-10H3,(H,55,56)/t29-,31+,32-,34+,43+,44-,45-,46+/m1/s1. The molecule has 0 bridgehead atoms. The van der Waals surface area contributed by atoms with Crippen LogP contribution in [0.5, 0.6) is 0 Å². The molecule has 0 aliphatic heterocycles. The number of ketones is 1. The van der Waals surface area contributed by atoms with E-state index in [0.29, 0.717) is 42.2 Å². The van der Waals surface area contributed by atoms with Crippen LogP contribution in [-0.2, 0) is 31.1 Å². The van der Waals surface area contributed by atoms with Gasteiger partial charge in [0.1, 0.15) is 6.10 Å². The van der Waals surface area contributed by atoms with Gasteiger partial charge in [-0.1, -0.05) is 60.1 Å². The van der Waals surface area contributed by atoms with E-state index in [2.05, 4.69) is 63.4 Å². The molecule has 4 fully saturated rings. The molecule has 0 saturated heterocycles. The summed E-state index contributed by atoms with van der Waals surface area (Å²) in [6.45, 7) is 20.8. The predicted octanol–water partition coefficient (Wildman–Crippen LogP) is 8.55. The smallest absolute Gasteiger partial charge is 0.309 e. The van der Waals surface area contributed by atoms with Crippen LogP contribution in [0.4, 0.5) is 0 Å². The average molecular weight is 806 g/mol. The summed E-state index contributed by atoms with van der Waals surface area (Å²) in [5.74, 6) is 0.352. The molecule has 5 aliphatic carbocycles. The van der Waals surface area contributed by atoms with Crippen molar-refractivity contribution in [2.45, 2.75) is 145 Å². The van der Waals surface area contributed by atoms with Gasteiger partial charge in [0.15, 0.2) is 11.6 Å². The fourth-order valence-electron chi connectivity index (χ4n) is 13.8. The van der Waals surface area contributed by atoms with E-state index < -0.39 is 22.8 Å². The van der Waals surface area contributed by atoms with Gasteiger partial charge in [0.2, 0.25) is 0 Å². The van der Waals surface area contributed by atoms with Gasteiger partial charge < -0.3 is 15.2 Å². The summed E-state index contributed by atoms with van der Waals surface area (Å²) in [5, 5.41) is 13.4. The molecule has 57 heavy (non-hydrogen) atoms. The third-order valence-corrected chi connectivity index (χ3v) is 17.0. The lowest BCUT2D eigenvalue weighted by Gasteiger charge is -2.72. The van der Waals surface area contributed by atoms with Gasteiger partial charge in [-0.05, 0) is 135 Å². The van der Waals surface area contributed by atoms with Crippen molar-refractivity contribution in [3.8, 4) is 5.82 Å². The van der Waals surface area contributed by atoms with Crippen molar-refractivity contribution in [3.63, 3.8) is 0 Å². The Balaban J connectivity index is 1.26. The molecule has 11 heteroatoms. The highest BCUT2D eigenvalue weighted by atomic mass is 35.5. The van der Waals surface area contributed by atoms with Crippen LogP contribution >= 0.6 is 11.6 Å². The Kier molecular flexibility index (Phi) is 10.4. The number of nitrogens with one attached hydrogen (secondary N) is 1. The van der Waals surface area contributed by atoms with Gasteiger partial charge in [-0.3, -0.25) is 23.9 Å². The zero-order chi connectivity index (χ0) is 41.7. The normalized spacial score (nSPS) is 34.7. The maximum Gasteiger partial charge on any atom is 0.309 e. The van der Waals surface area contributed by atoms with Crippen LogP contribution in [-0.4, -0.2) is 56.9 Å². The molecule has 2 aromatic rings. The van der Waals surface area contributed by atoms with Gasteiger partial charge >= 0.3 is 11.9 Å². The molecule has 7 rings (SSSR count). The topological polar surface area (TPSA) is 133 Å². The zero-order valence-electron chi connectivity index (χ0n) is 35.9. The van der Waals surface area contributed by atoms with Gasteiger partial charge in [0.25, 0.3) is 5.56 Å². The number of allylic oxidation sites excluding steroid dienone is 2. The lowest BCUT2D eigenvalue weighted by molar-refractivity contribution is -0.232. The number of pyridine rings is 1. The molecule has 5 aliphatic rings. The number of carboxylic acid groups (broad SMARTS) is 1. The molecule has 0 radical (unpaired) electrons. The van der Waals surface area contributed by atoms with Crippen LogP contribution in [0.2, 0.25) is 5.02 Å². The minimum absolute atomic E-state index is 0.00408. The molecule has 0 aromatic carbocycles. The molecule has 0 unspecified atom stereocenters. The molecule has 0 amide bonds. The number of aromatic nitrogens is 3. The summed E-state index contributed by atoms with van der Waals surface area (Å²) in [7, 11) is 1.91. The van der Waals surface area contributed by atoms with E-state index >= 15 is 0 Å². The van der Waals surface area contributed by atoms with Crippen LogP contribution in [0.15, 0.2) is 40.3 Å². The Labute approximate surface area is 343 Å². The van der Waals surface area contributed by atoms with Crippen molar-refractivity contribution < 1.29 is 24.2 Å². The lowest BCUT2D eigenvalue weighted by Crippen LogP contribution is -2.66. The molecule has 312 valence electrons. The zero-order valence-corrected chi connectivity index (χ0v) is 36.6. The Morgan fingerprint density at radius 1 is 1.00 bits per heavy atom. The molecular formula is C46H65ClN4O6. The van der Waals surface area contributed by atoms with Crippen molar-refractivity contribution >= 4 is 29.3 Å². The number of fused-ring (bicyclic) bond motifs is 7. The number of rotatable bonds is 10. The largest absolute Gasteiger partial charge is 0.481 e. The second kappa shape index (κ2) is 14.2. The van der Waals surface area contributed by atoms with E-state index in [0.717, 1.165) is 62.6 Å². The van der Waals surface area contributed by atoms with Crippen LogP contribution in [0.1, 0.15) is 132 Å².